The quantitative estimate of drug-likeness (QED) is 0.447. The number of allylic oxidation sites excluding steroid dienone is 2. The van der Waals surface area contributed by atoms with Crippen molar-refractivity contribution >= 4 is 10.6 Å². The van der Waals surface area contributed by atoms with Gasteiger partial charge in [-0.2, -0.15) is 8.42 Å². The van der Waals surface area contributed by atoms with Crippen molar-refractivity contribution in [2.45, 2.75) is 66.2 Å². The van der Waals surface area contributed by atoms with Gasteiger partial charge in [-0.25, -0.2) is 0 Å². The van der Waals surface area contributed by atoms with Crippen molar-refractivity contribution in [3.8, 4) is 0 Å². The first-order valence-corrected chi connectivity index (χ1v) is 8.22. The van der Waals surface area contributed by atoms with Crippen LogP contribution in [0.4, 0.5) is 7.77 Å². The van der Waals surface area contributed by atoms with Gasteiger partial charge < -0.3 is 4.74 Å². The molecule has 120 valence electrons. The molecule has 0 aliphatic rings. The summed E-state index contributed by atoms with van der Waals surface area (Å²) in [6.07, 6.45) is 10.7. The predicted molar refractivity (Wildman–Crippen MR) is 78.8 cm³/mol. The fraction of sp³-hybridized carbons (Fsp3) is 0.714. The van der Waals surface area contributed by atoms with Gasteiger partial charge in [0.25, 0.3) is 0 Å². The molecule has 0 aliphatic carbocycles. The van der Waals surface area contributed by atoms with E-state index in [1.807, 2.05) is 12.5 Å². The van der Waals surface area contributed by atoms with Gasteiger partial charge in [0.15, 0.2) is 0 Å². The van der Waals surface area contributed by atoms with Crippen LogP contribution in [0, 0.1) is 0 Å². The Morgan fingerprint density at radius 3 is 1.40 bits per heavy atom. The molecule has 6 heteroatoms. The third-order valence-electron chi connectivity index (χ3n) is 2.52. The molecule has 0 saturated heterocycles. The molecule has 3 nitrogen and oxygen atoms in total. The van der Waals surface area contributed by atoms with Crippen LogP contribution in [0.3, 0.4) is 0 Å². The first kappa shape index (κ1) is 21.4. The van der Waals surface area contributed by atoms with Crippen molar-refractivity contribution in [1.82, 2.24) is 0 Å². The normalized spacial score (nSPS) is 12.7. The highest BCUT2D eigenvalue weighted by molar-refractivity contribution is 7.81. The topological polar surface area (TPSA) is 43.4 Å². The number of halogens is 2. The highest BCUT2D eigenvalue weighted by Crippen LogP contribution is 2.12. The molecule has 0 N–H and O–H groups in total. The van der Waals surface area contributed by atoms with Gasteiger partial charge in [-0.1, -0.05) is 48.3 Å². The van der Waals surface area contributed by atoms with Crippen molar-refractivity contribution in [2.24, 2.45) is 0 Å². The predicted octanol–water partition coefficient (Wildman–Crippen LogP) is 5.36. The van der Waals surface area contributed by atoms with Crippen molar-refractivity contribution in [3.05, 3.63) is 23.7 Å². The minimum Gasteiger partial charge on any atom is -0.473 e. The van der Waals surface area contributed by atoms with E-state index < -0.39 is 10.6 Å². The summed E-state index contributed by atoms with van der Waals surface area (Å²) in [4.78, 5) is 0. The lowest BCUT2D eigenvalue weighted by molar-refractivity contribution is 0.386. The lowest BCUT2D eigenvalue weighted by atomic mass is 10.1. The molecule has 0 amide bonds. The van der Waals surface area contributed by atoms with Gasteiger partial charge in [0.2, 0.25) is 0 Å². The minimum atomic E-state index is -5.67. The van der Waals surface area contributed by atoms with E-state index in [1.54, 1.807) is 0 Å². The Kier molecular flexibility index (Phi) is 14.0. The number of hydrogen-bond acceptors (Lipinski definition) is 3. The molecule has 0 radical (unpaired) electrons. The summed E-state index contributed by atoms with van der Waals surface area (Å²) < 4.78 is 42.1. The monoisotopic (exact) mass is 312 g/mol. The molecule has 0 atom stereocenters. The second kappa shape index (κ2) is 13.1. The second-order valence-electron chi connectivity index (χ2n) is 4.27. The first-order valence-electron chi connectivity index (χ1n) is 6.93. The first-order chi connectivity index (χ1) is 9.28. The maximum Gasteiger partial charge on any atom is 0.476 e. The van der Waals surface area contributed by atoms with Gasteiger partial charge >= 0.3 is 10.6 Å². The van der Waals surface area contributed by atoms with Crippen molar-refractivity contribution in [3.63, 3.8) is 0 Å². The SMILES string of the molecule is CCCC(=COC=C(CC)CCC)CC.O=S(=O)(F)F. The van der Waals surface area contributed by atoms with E-state index in [2.05, 4.69) is 27.7 Å². The smallest absolute Gasteiger partial charge is 0.473 e. The summed E-state index contributed by atoms with van der Waals surface area (Å²) >= 11 is 0. The fourth-order valence-corrected chi connectivity index (χ4v) is 1.51. The highest BCUT2D eigenvalue weighted by atomic mass is 32.3. The molecule has 0 aromatic rings. The summed E-state index contributed by atoms with van der Waals surface area (Å²) in [6.45, 7) is 8.77. The van der Waals surface area contributed by atoms with Crippen LogP contribution in [-0.2, 0) is 15.3 Å². The maximum absolute atomic E-state index is 9.99. The lowest BCUT2D eigenvalue weighted by Gasteiger charge is -2.04. The van der Waals surface area contributed by atoms with E-state index >= 15 is 0 Å². The van der Waals surface area contributed by atoms with Crippen LogP contribution in [0.1, 0.15) is 66.2 Å². The number of ether oxygens (including phenoxy) is 1. The van der Waals surface area contributed by atoms with E-state index in [1.165, 1.54) is 24.0 Å². The van der Waals surface area contributed by atoms with Crippen LogP contribution in [-0.4, -0.2) is 8.42 Å². The molecular weight excluding hydrogens is 286 g/mol. The molecule has 0 unspecified atom stereocenters. The van der Waals surface area contributed by atoms with Crippen LogP contribution in [0.5, 0.6) is 0 Å². The summed E-state index contributed by atoms with van der Waals surface area (Å²) in [5, 5.41) is 0. The molecule has 20 heavy (non-hydrogen) atoms. The second-order valence-corrected chi connectivity index (χ2v) is 5.03. The van der Waals surface area contributed by atoms with E-state index in [0.29, 0.717) is 0 Å². The third-order valence-corrected chi connectivity index (χ3v) is 2.52. The zero-order chi connectivity index (χ0) is 16.0. The Labute approximate surface area is 122 Å². The average Bonchev–Trinajstić information content (AvgIpc) is 2.34. The van der Waals surface area contributed by atoms with Gasteiger partial charge in [-0.05, 0) is 36.8 Å². The lowest BCUT2D eigenvalue weighted by Crippen LogP contribution is -1.85. The van der Waals surface area contributed by atoms with E-state index in [4.69, 9.17) is 13.2 Å². The summed E-state index contributed by atoms with van der Waals surface area (Å²) in [7, 11) is -5.67. The molecule has 0 rings (SSSR count). The fourth-order valence-electron chi connectivity index (χ4n) is 1.51. The summed E-state index contributed by atoms with van der Waals surface area (Å²) in [5.74, 6) is 0. The number of hydrogen-bond donors (Lipinski definition) is 0. The Morgan fingerprint density at radius 2 is 1.20 bits per heavy atom. The van der Waals surface area contributed by atoms with Crippen LogP contribution in [0.15, 0.2) is 23.7 Å². The zero-order valence-electron chi connectivity index (χ0n) is 12.8. The maximum atomic E-state index is 9.99. The Morgan fingerprint density at radius 1 is 0.900 bits per heavy atom. The molecule has 0 bridgehead atoms. The third kappa shape index (κ3) is 19.4. The zero-order valence-corrected chi connectivity index (χ0v) is 13.6. The molecule has 0 saturated carbocycles. The van der Waals surface area contributed by atoms with Crippen molar-refractivity contribution in [1.29, 1.82) is 0 Å². The molecule has 0 aromatic heterocycles. The molecule has 0 heterocycles. The Hall–Kier alpha value is -0.910. The molecule has 0 spiro atoms. The van der Waals surface area contributed by atoms with Crippen LogP contribution >= 0.6 is 0 Å². The van der Waals surface area contributed by atoms with E-state index in [-0.39, 0.29) is 0 Å². The largest absolute Gasteiger partial charge is 0.476 e. The van der Waals surface area contributed by atoms with Gasteiger partial charge in [0.1, 0.15) is 0 Å². The molecular formula is C14H26F2O3S. The highest BCUT2D eigenvalue weighted by Gasteiger charge is 1.95. The van der Waals surface area contributed by atoms with Crippen molar-refractivity contribution in [2.75, 3.05) is 0 Å². The summed E-state index contributed by atoms with van der Waals surface area (Å²) in [5.41, 5.74) is 2.81. The van der Waals surface area contributed by atoms with Gasteiger partial charge in [-0.15, -0.1) is 0 Å². The molecule has 0 aromatic carbocycles. The van der Waals surface area contributed by atoms with Crippen LogP contribution in [0.2, 0.25) is 0 Å². The van der Waals surface area contributed by atoms with Gasteiger partial charge in [-0.3, -0.25) is 0 Å². The van der Waals surface area contributed by atoms with E-state index in [0.717, 1.165) is 25.7 Å². The van der Waals surface area contributed by atoms with Crippen LogP contribution in [0.25, 0.3) is 0 Å². The van der Waals surface area contributed by atoms with Crippen molar-refractivity contribution < 1.29 is 20.9 Å². The standard InChI is InChI=1S/C14H26O.F2O2S/c1-5-9-13(7-3)11-15-12-14(8-4)10-6-2;1-5(2,3)4/h11-12H,5-10H2,1-4H3;. The Balaban J connectivity index is 0. The van der Waals surface area contributed by atoms with Crippen LogP contribution < -0.4 is 0 Å². The van der Waals surface area contributed by atoms with E-state index in [9.17, 15) is 7.77 Å². The molecule has 0 fully saturated rings. The van der Waals surface area contributed by atoms with Gasteiger partial charge in [0.05, 0.1) is 12.5 Å². The summed E-state index contributed by atoms with van der Waals surface area (Å²) in [6, 6.07) is 0. The average molecular weight is 312 g/mol. The minimum absolute atomic E-state index is 1.09. The van der Waals surface area contributed by atoms with Gasteiger partial charge in [0, 0.05) is 0 Å². The molecule has 0 aliphatic heterocycles. The number of rotatable bonds is 8. The Bertz CT molecular complexity index is 357.